The number of fused-ring (bicyclic) bond motifs is 1. The maximum atomic E-state index is 12.3. The Hall–Kier alpha value is -2.21. The minimum Gasteiger partial charge on any atom is -0.361 e. The average Bonchev–Trinajstić information content (AvgIpc) is 2.91. The fourth-order valence-corrected chi connectivity index (χ4v) is 2.38. The second-order valence-electron chi connectivity index (χ2n) is 4.29. The Morgan fingerprint density at radius 1 is 1.42 bits per heavy atom. The number of anilines is 1. The van der Waals surface area contributed by atoms with Gasteiger partial charge in [-0.15, -0.1) is 10.2 Å². The van der Waals surface area contributed by atoms with Crippen molar-refractivity contribution in [1.82, 2.24) is 15.2 Å². The molecule has 0 aliphatic heterocycles. The van der Waals surface area contributed by atoms with Crippen LogP contribution in [0.25, 0.3) is 10.9 Å². The molecule has 0 spiro atoms. The second-order valence-corrected chi connectivity index (χ2v) is 5.12. The average molecular weight is 272 g/mol. The van der Waals surface area contributed by atoms with E-state index in [0.717, 1.165) is 11.1 Å². The van der Waals surface area contributed by atoms with Crippen molar-refractivity contribution in [3.63, 3.8) is 0 Å². The zero-order valence-electron chi connectivity index (χ0n) is 10.3. The van der Waals surface area contributed by atoms with E-state index in [1.54, 1.807) is 11.7 Å². The maximum absolute atomic E-state index is 12.3. The van der Waals surface area contributed by atoms with Crippen molar-refractivity contribution in [2.24, 2.45) is 0 Å². The second kappa shape index (κ2) is 4.81. The number of nitrogens with one attached hydrogen (secondary N) is 2. The molecule has 0 atom stereocenters. The summed E-state index contributed by atoms with van der Waals surface area (Å²) in [5.74, 6) is 0. The van der Waals surface area contributed by atoms with Crippen LogP contribution in [0.2, 0.25) is 0 Å². The van der Waals surface area contributed by atoms with Gasteiger partial charge in [0.1, 0.15) is 5.51 Å². The number of aromatic nitrogens is 3. The first-order valence-corrected chi connectivity index (χ1v) is 6.73. The normalized spacial score (nSPS) is 10.8. The topological polar surface area (TPSA) is 70.7 Å². The molecule has 19 heavy (non-hydrogen) atoms. The predicted molar refractivity (Wildman–Crippen MR) is 76.5 cm³/mol. The van der Waals surface area contributed by atoms with Crippen molar-refractivity contribution >= 4 is 27.4 Å². The van der Waals surface area contributed by atoms with Gasteiger partial charge in [-0.2, -0.15) is 0 Å². The zero-order chi connectivity index (χ0) is 13.2. The van der Waals surface area contributed by atoms with Crippen molar-refractivity contribution in [1.29, 1.82) is 0 Å². The van der Waals surface area contributed by atoms with Gasteiger partial charge in [0, 0.05) is 29.2 Å². The lowest BCUT2D eigenvalue weighted by Gasteiger charge is -2.04. The molecule has 2 heterocycles. The fourth-order valence-electron chi connectivity index (χ4n) is 1.93. The van der Waals surface area contributed by atoms with E-state index in [4.69, 9.17) is 0 Å². The first kappa shape index (κ1) is 11.9. The maximum Gasteiger partial charge on any atom is 0.205 e. The van der Waals surface area contributed by atoms with Crippen LogP contribution < -0.4 is 10.7 Å². The zero-order valence-corrected chi connectivity index (χ0v) is 11.1. The van der Waals surface area contributed by atoms with Crippen molar-refractivity contribution < 1.29 is 0 Å². The third-order valence-electron chi connectivity index (χ3n) is 2.90. The van der Waals surface area contributed by atoms with Gasteiger partial charge >= 0.3 is 0 Å². The van der Waals surface area contributed by atoms with Crippen molar-refractivity contribution in [2.45, 2.75) is 13.5 Å². The number of pyridine rings is 1. The van der Waals surface area contributed by atoms with Gasteiger partial charge in [-0.1, -0.05) is 17.4 Å². The smallest absolute Gasteiger partial charge is 0.205 e. The fraction of sp³-hybridized carbons (Fsp3) is 0.154. The van der Waals surface area contributed by atoms with E-state index in [9.17, 15) is 4.79 Å². The molecule has 0 unspecified atom stereocenters. The lowest BCUT2D eigenvalue weighted by atomic mass is 10.1. The summed E-state index contributed by atoms with van der Waals surface area (Å²) in [6.07, 6.45) is 1.75. The molecule has 0 fully saturated rings. The van der Waals surface area contributed by atoms with E-state index in [0.29, 0.717) is 22.6 Å². The van der Waals surface area contributed by atoms with Crippen molar-refractivity contribution in [3.05, 3.63) is 51.3 Å². The number of hydrogen-bond acceptors (Lipinski definition) is 5. The largest absolute Gasteiger partial charge is 0.361 e. The molecule has 1 aromatic carbocycles. The number of aryl methyl sites for hydroxylation is 1. The summed E-state index contributed by atoms with van der Waals surface area (Å²) >= 11 is 1.41. The molecule has 6 heteroatoms. The van der Waals surface area contributed by atoms with Crippen LogP contribution in [0.15, 0.2) is 34.7 Å². The summed E-state index contributed by atoms with van der Waals surface area (Å²) in [7, 11) is 0. The monoisotopic (exact) mass is 272 g/mol. The third kappa shape index (κ3) is 2.34. The van der Waals surface area contributed by atoms with Crippen LogP contribution >= 0.6 is 11.3 Å². The molecule has 0 aliphatic rings. The van der Waals surface area contributed by atoms with E-state index >= 15 is 0 Å². The van der Waals surface area contributed by atoms with Crippen LogP contribution in [0.3, 0.4) is 0 Å². The summed E-state index contributed by atoms with van der Waals surface area (Å²) in [5, 5.41) is 12.1. The van der Waals surface area contributed by atoms with Crippen LogP contribution in [0.1, 0.15) is 11.1 Å². The Labute approximate surface area is 113 Å². The molecule has 0 saturated carbocycles. The molecule has 2 N–H and O–H groups in total. The number of benzene rings is 1. The SMILES string of the molecule is Cc1ccc2c(=O)c(CNc3nncs3)c[nH]c2c1. The van der Waals surface area contributed by atoms with Gasteiger partial charge in [0.15, 0.2) is 5.43 Å². The van der Waals surface area contributed by atoms with Gasteiger partial charge in [0.05, 0.1) is 0 Å². The highest BCUT2D eigenvalue weighted by Crippen LogP contribution is 2.12. The minimum absolute atomic E-state index is 0.0470. The molecule has 3 rings (SSSR count). The van der Waals surface area contributed by atoms with Gasteiger partial charge in [-0.05, 0) is 24.6 Å². The van der Waals surface area contributed by atoms with Gasteiger partial charge in [-0.25, -0.2) is 0 Å². The lowest BCUT2D eigenvalue weighted by molar-refractivity contribution is 1.04. The number of hydrogen-bond donors (Lipinski definition) is 2. The quantitative estimate of drug-likeness (QED) is 0.767. The Balaban J connectivity index is 1.94. The summed E-state index contributed by atoms with van der Waals surface area (Å²) in [4.78, 5) is 15.5. The molecule has 0 aliphatic carbocycles. The number of nitrogens with zero attached hydrogens (tertiary/aromatic N) is 2. The number of aromatic amines is 1. The minimum atomic E-state index is 0.0470. The first-order valence-electron chi connectivity index (χ1n) is 5.85. The molecule has 0 radical (unpaired) electrons. The van der Waals surface area contributed by atoms with Crippen molar-refractivity contribution in [2.75, 3.05) is 5.32 Å². The number of rotatable bonds is 3. The summed E-state index contributed by atoms with van der Waals surface area (Å²) < 4.78 is 0. The third-order valence-corrected chi connectivity index (χ3v) is 3.55. The van der Waals surface area contributed by atoms with Gasteiger partial charge in [0.25, 0.3) is 0 Å². The van der Waals surface area contributed by atoms with E-state index in [-0.39, 0.29) is 5.43 Å². The molecule has 0 bridgehead atoms. The van der Waals surface area contributed by atoms with Crippen LogP contribution in [0, 0.1) is 6.92 Å². The highest BCUT2D eigenvalue weighted by molar-refractivity contribution is 7.13. The van der Waals surface area contributed by atoms with Crippen molar-refractivity contribution in [3.8, 4) is 0 Å². The van der Waals surface area contributed by atoms with E-state index < -0.39 is 0 Å². The van der Waals surface area contributed by atoms with Crippen LogP contribution in [-0.4, -0.2) is 15.2 Å². The Morgan fingerprint density at radius 2 is 2.32 bits per heavy atom. The Morgan fingerprint density at radius 3 is 3.11 bits per heavy atom. The molecular formula is C13H12N4OS. The van der Waals surface area contributed by atoms with E-state index in [2.05, 4.69) is 20.5 Å². The van der Waals surface area contributed by atoms with Gasteiger partial charge < -0.3 is 10.3 Å². The van der Waals surface area contributed by atoms with Gasteiger partial charge in [0.2, 0.25) is 5.13 Å². The molecule has 0 amide bonds. The summed E-state index contributed by atoms with van der Waals surface area (Å²) in [6.45, 7) is 2.44. The predicted octanol–water partition coefficient (Wildman–Crippen LogP) is 2.30. The molecule has 5 nitrogen and oxygen atoms in total. The Kier molecular flexibility index (Phi) is 3.00. The molecule has 2 aromatic heterocycles. The summed E-state index contributed by atoms with van der Waals surface area (Å²) in [5.41, 5.74) is 4.38. The standard InChI is InChI=1S/C13H12N4OS/c1-8-2-3-10-11(4-8)14-5-9(12(10)18)6-15-13-17-16-7-19-13/h2-5,7H,6H2,1H3,(H,14,18)(H,15,17). The van der Waals surface area contributed by atoms with E-state index in [1.807, 2.05) is 25.1 Å². The Bertz CT molecular complexity index is 764. The van der Waals surface area contributed by atoms with Crippen LogP contribution in [0.5, 0.6) is 0 Å². The molecule has 3 aromatic rings. The van der Waals surface area contributed by atoms with Crippen LogP contribution in [-0.2, 0) is 6.54 Å². The molecule has 96 valence electrons. The molecular weight excluding hydrogens is 260 g/mol. The number of H-pyrrole nitrogens is 1. The van der Waals surface area contributed by atoms with Crippen LogP contribution in [0.4, 0.5) is 5.13 Å². The summed E-state index contributed by atoms with van der Waals surface area (Å²) in [6, 6.07) is 5.77. The lowest BCUT2D eigenvalue weighted by Crippen LogP contribution is -2.14. The van der Waals surface area contributed by atoms with E-state index in [1.165, 1.54) is 11.3 Å². The van der Waals surface area contributed by atoms with Gasteiger partial charge in [-0.3, -0.25) is 4.79 Å². The highest BCUT2D eigenvalue weighted by atomic mass is 32.1. The molecule has 0 saturated heterocycles. The highest BCUT2D eigenvalue weighted by Gasteiger charge is 2.05. The first-order chi connectivity index (χ1) is 9.24.